The Kier molecular flexibility index (Phi) is 3.48. The Morgan fingerprint density at radius 1 is 1.24 bits per heavy atom. The fourth-order valence-corrected chi connectivity index (χ4v) is 2.50. The number of carbonyl (C=O) groups excluding carboxylic acids is 2. The number of nitrogens with one attached hydrogen (secondary N) is 1. The summed E-state index contributed by atoms with van der Waals surface area (Å²) in [5.74, 6) is -0.180. The first-order valence-corrected chi connectivity index (χ1v) is 6.93. The van der Waals surface area contributed by atoms with Crippen molar-refractivity contribution in [3.63, 3.8) is 0 Å². The molecule has 2 aromatic rings. The van der Waals surface area contributed by atoms with E-state index in [2.05, 4.69) is 11.4 Å². The maximum absolute atomic E-state index is 12.1. The Morgan fingerprint density at radius 3 is 2.71 bits per heavy atom. The summed E-state index contributed by atoms with van der Waals surface area (Å²) in [4.78, 5) is 26.7. The van der Waals surface area contributed by atoms with Crippen molar-refractivity contribution < 1.29 is 9.59 Å². The summed E-state index contributed by atoms with van der Waals surface area (Å²) in [6.45, 7) is 1.17. The van der Waals surface area contributed by atoms with E-state index in [0.717, 1.165) is 11.1 Å². The molecule has 1 N–H and O–H groups in total. The standard InChI is InChI=1S/C16H17N3O2/c1-18(11-15(20)19-9-8-17-16(19)21)14-7-6-12-4-2-3-5-13(12)10-14/h2-7,10H,8-9,11H2,1H3,(H,17,21). The third kappa shape index (κ3) is 2.67. The molecule has 0 atom stereocenters. The Hall–Kier alpha value is -2.56. The summed E-state index contributed by atoms with van der Waals surface area (Å²) < 4.78 is 0. The van der Waals surface area contributed by atoms with Gasteiger partial charge in [0, 0.05) is 25.8 Å². The minimum atomic E-state index is -0.299. The molecule has 108 valence electrons. The molecular formula is C16H17N3O2. The van der Waals surface area contributed by atoms with Crippen LogP contribution in [-0.4, -0.2) is 43.5 Å². The van der Waals surface area contributed by atoms with Crippen LogP contribution in [0.5, 0.6) is 0 Å². The van der Waals surface area contributed by atoms with Crippen LogP contribution in [0.1, 0.15) is 0 Å². The predicted molar refractivity (Wildman–Crippen MR) is 82.3 cm³/mol. The van der Waals surface area contributed by atoms with Gasteiger partial charge in [-0.1, -0.05) is 30.3 Å². The van der Waals surface area contributed by atoms with Crippen LogP contribution in [0.25, 0.3) is 10.8 Å². The predicted octanol–water partition coefficient (Wildman–Crippen LogP) is 1.83. The zero-order valence-electron chi connectivity index (χ0n) is 11.9. The van der Waals surface area contributed by atoms with Crippen LogP contribution in [0.4, 0.5) is 10.5 Å². The molecule has 0 saturated carbocycles. The first-order valence-electron chi connectivity index (χ1n) is 6.93. The lowest BCUT2D eigenvalue weighted by atomic mass is 10.1. The smallest absolute Gasteiger partial charge is 0.324 e. The summed E-state index contributed by atoms with van der Waals surface area (Å²) in [5, 5.41) is 4.93. The average molecular weight is 283 g/mol. The van der Waals surface area contributed by atoms with Gasteiger partial charge in [-0.05, 0) is 22.9 Å². The van der Waals surface area contributed by atoms with Crippen LogP contribution in [0, 0.1) is 0 Å². The number of likely N-dealkylation sites (N-methyl/N-ethyl adjacent to an activating group) is 1. The monoisotopic (exact) mass is 283 g/mol. The third-order valence-electron chi connectivity index (χ3n) is 3.70. The molecule has 2 aromatic carbocycles. The third-order valence-corrected chi connectivity index (χ3v) is 3.70. The van der Waals surface area contributed by atoms with E-state index < -0.39 is 0 Å². The van der Waals surface area contributed by atoms with Gasteiger partial charge in [0.05, 0.1) is 6.54 Å². The number of fused-ring (bicyclic) bond motifs is 1. The average Bonchev–Trinajstić information content (AvgIpc) is 2.93. The molecule has 3 rings (SSSR count). The van der Waals surface area contributed by atoms with Crippen molar-refractivity contribution in [3.8, 4) is 0 Å². The Bertz CT molecular complexity index is 699. The van der Waals surface area contributed by atoms with E-state index in [1.807, 2.05) is 48.3 Å². The van der Waals surface area contributed by atoms with Gasteiger partial charge in [-0.3, -0.25) is 9.69 Å². The molecular weight excluding hydrogens is 266 g/mol. The van der Waals surface area contributed by atoms with E-state index in [-0.39, 0.29) is 18.5 Å². The van der Waals surface area contributed by atoms with Crippen LogP contribution in [0.15, 0.2) is 42.5 Å². The van der Waals surface area contributed by atoms with Gasteiger partial charge in [0.2, 0.25) is 5.91 Å². The lowest BCUT2D eigenvalue weighted by Gasteiger charge is -2.21. The number of carbonyl (C=O) groups is 2. The first-order chi connectivity index (χ1) is 10.1. The van der Waals surface area contributed by atoms with Gasteiger partial charge in [-0.25, -0.2) is 4.79 Å². The fourth-order valence-electron chi connectivity index (χ4n) is 2.50. The molecule has 1 saturated heterocycles. The van der Waals surface area contributed by atoms with Crippen LogP contribution in [0.2, 0.25) is 0 Å². The van der Waals surface area contributed by atoms with Crippen molar-refractivity contribution >= 4 is 28.4 Å². The topological polar surface area (TPSA) is 52.7 Å². The van der Waals surface area contributed by atoms with E-state index >= 15 is 0 Å². The number of hydrogen-bond donors (Lipinski definition) is 1. The molecule has 0 radical (unpaired) electrons. The van der Waals surface area contributed by atoms with Gasteiger partial charge in [0.1, 0.15) is 0 Å². The molecule has 21 heavy (non-hydrogen) atoms. The maximum atomic E-state index is 12.1. The van der Waals surface area contributed by atoms with Gasteiger partial charge in [0.25, 0.3) is 0 Å². The second-order valence-corrected chi connectivity index (χ2v) is 5.16. The molecule has 1 aliphatic rings. The number of nitrogens with zero attached hydrogens (tertiary/aromatic N) is 2. The van der Waals surface area contributed by atoms with Gasteiger partial charge in [-0.2, -0.15) is 0 Å². The quantitative estimate of drug-likeness (QED) is 0.935. The van der Waals surface area contributed by atoms with Crippen molar-refractivity contribution in [2.24, 2.45) is 0 Å². The normalized spacial score (nSPS) is 14.3. The second kappa shape index (κ2) is 5.44. The number of rotatable bonds is 3. The van der Waals surface area contributed by atoms with Crippen LogP contribution in [-0.2, 0) is 4.79 Å². The molecule has 1 aliphatic heterocycles. The lowest BCUT2D eigenvalue weighted by molar-refractivity contribution is -0.126. The minimum Gasteiger partial charge on any atom is -0.365 e. The van der Waals surface area contributed by atoms with Crippen molar-refractivity contribution in [1.82, 2.24) is 10.2 Å². The zero-order chi connectivity index (χ0) is 14.8. The van der Waals surface area contributed by atoms with Crippen molar-refractivity contribution in [1.29, 1.82) is 0 Å². The second-order valence-electron chi connectivity index (χ2n) is 5.16. The van der Waals surface area contributed by atoms with Crippen molar-refractivity contribution in [3.05, 3.63) is 42.5 Å². The summed E-state index contributed by atoms with van der Waals surface area (Å²) in [6, 6.07) is 13.9. The van der Waals surface area contributed by atoms with Crippen LogP contribution >= 0.6 is 0 Å². The van der Waals surface area contributed by atoms with Gasteiger partial charge in [-0.15, -0.1) is 0 Å². The highest BCUT2D eigenvalue weighted by Gasteiger charge is 2.26. The molecule has 0 aromatic heterocycles. The zero-order valence-corrected chi connectivity index (χ0v) is 11.9. The van der Waals surface area contributed by atoms with Gasteiger partial charge < -0.3 is 10.2 Å². The van der Waals surface area contributed by atoms with Gasteiger partial charge >= 0.3 is 6.03 Å². The van der Waals surface area contributed by atoms with E-state index in [1.165, 1.54) is 10.3 Å². The Morgan fingerprint density at radius 2 is 2.00 bits per heavy atom. The van der Waals surface area contributed by atoms with Crippen LogP contribution in [0.3, 0.4) is 0 Å². The summed E-state index contributed by atoms with van der Waals surface area (Å²) >= 11 is 0. The largest absolute Gasteiger partial charge is 0.365 e. The van der Waals surface area contributed by atoms with E-state index in [0.29, 0.717) is 13.1 Å². The molecule has 1 fully saturated rings. The molecule has 0 spiro atoms. The highest BCUT2D eigenvalue weighted by molar-refractivity contribution is 5.98. The highest BCUT2D eigenvalue weighted by atomic mass is 16.2. The molecule has 1 heterocycles. The van der Waals surface area contributed by atoms with Crippen LogP contribution < -0.4 is 10.2 Å². The Labute approximate surface area is 123 Å². The van der Waals surface area contributed by atoms with E-state index in [9.17, 15) is 9.59 Å². The Balaban J connectivity index is 1.75. The molecule has 5 heteroatoms. The number of anilines is 1. The van der Waals surface area contributed by atoms with E-state index in [4.69, 9.17) is 0 Å². The molecule has 3 amide bonds. The SMILES string of the molecule is CN(CC(=O)N1CCNC1=O)c1ccc2ccccc2c1. The molecule has 0 aliphatic carbocycles. The number of hydrogen-bond acceptors (Lipinski definition) is 3. The maximum Gasteiger partial charge on any atom is 0.324 e. The lowest BCUT2D eigenvalue weighted by Crippen LogP contribution is -2.40. The minimum absolute atomic E-state index is 0.180. The molecule has 5 nitrogen and oxygen atoms in total. The first kappa shape index (κ1) is 13.4. The number of benzene rings is 2. The number of urea groups is 1. The molecule has 0 unspecified atom stereocenters. The van der Waals surface area contributed by atoms with E-state index in [1.54, 1.807) is 0 Å². The number of imide groups is 1. The summed E-state index contributed by atoms with van der Waals surface area (Å²) in [6.07, 6.45) is 0. The number of amides is 3. The van der Waals surface area contributed by atoms with Gasteiger partial charge in [0.15, 0.2) is 0 Å². The van der Waals surface area contributed by atoms with Crippen molar-refractivity contribution in [2.75, 3.05) is 31.6 Å². The fraction of sp³-hybridized carbons (Fsp3) is 0.250. The van der Waals surface area contributed by atoms with Crippen molar-refractivity contribution in [2.45, 2.75) is 0 Å². The molecule has 0 bridgehead atoms. The highest BCUT2D eigenvalue weighted by Crippen LogP contribution is 2.21. The summed E-state index contributed by atoms with van der Waals surface area (Å²) in [7, 11) is 1.86. The summed E-state index contributed by atoms with van der Waals surface area (Å²) in [5.41, 5.74) is 0.960.